The highest BCUT2D eigenvalue weighted by molar-refractivity contribution is 7.04. The molecule has 0 saturated heterocycles. The van der Waals surface area contributed by atoms with E-state index in [2.05, 4.69) is 115 Å². The molecule has 2 aromatic rings. The van der Waals surface area contributed by atoms with Crippen molar-refractivity contribution in [1.29, 1.82) is 0 Å². The Hall–Kier alpha value is -1.85. The molecule has 0 spiro atoms. The van der Waals surface area contributed by atoms with Gasteiger partial charge in [0.2, 0.25) is 8.32 Å². The predicted molar refractivity (Wildman–Crippen MR) is 139 cm³/mol. The van der Waals surface area contributed by atoms with Crippen LogP contribution in [0.5, 0.6) is 0 Å². The quantitative estimate of drug-likeness (QED) is 0.218. The van der Waals surface area contributed by atoms with Crippen LogP contribution >= 0.6 is 0 Å². The summed E-state index contributed by atoms with van der Waals surface area (Å²) in [6.45, 7) is 18.2. The third kappa shape index (κ3) is 5.07. The topological polar surface area (TPSA) is 9.23 Å². The molecule has 2 rings (SSSR count). The Morgan fingerprint density at radius 3 is 1.60 bits per heavy atom. The molecular formula is C27H40OSi2. The SMILES string of the molecule is C=C/C(=C/C[Si](c1ccccc1)(c1ccccc1)C(C)(C)C)O[Si](CC)(CC)CC. The third-order valence-corrected chi connectivity index (χ3v) is 17.4. The van der Waals surface area contributed by atoms with Crippen molar-refractivity contribution < 1.29 is 4.43 Å². The third-order valence-electron chi connectivity index (χ3n) is 6.89. The van der Waals surface area contributed by atoms with E-state index < -0.39 is 16.4 Å². The number of benzene rings is 2. The molecule has 0 aromatic heterocycles. The second-order valence-corrected chi connectivity index (χ2v) is 18.8. The summed E-state index contributed by atoms with van der Waals surface area (Å²) in [5, 5.41) is 3.11. The van der Waals surface area contributed by atoms with E-state index in [1.54, 1.807) is 0 Å². The van der Waals surface area contributed by atoms with E-state index in [9.17, 15) is 0 Å². The van der Waals surface area contributed by atoms with Crippen LogP contribution in [0.4, 0.5) is 0 Å². The fraction of sp³-hybridized carbons (Fsp3) is 0.407. The standard InChI is InChI=1S/C27H40OSi2/c1-8-24(28-29(9-2,10-3)11-4)22-23-30(27(5,6)7,25-18-14-12-15-19-25)26-20-16-13-17-21-26/h8,12-22H,1,9-11,23H2,2-7H3/b24-22-. The van der Waals surface area contributed by atoms with Gasteiger partial charge in [0.1, 0.15) is 8.07 Å². The molecule has 0 heterocycles. The zero-order valence-corrected chi connectivity index (χ0v) is 21.9. The fourth-order valence-electron chi connectivity index (χ4n) is 4.66. The smallest absolute Gasteiger partial charge is 0.250 e. The summed E-state index contributed by atoms with van der Waals surface area (Å²) in [6, 6.07) is 26.7. The van der Waals surface area contributed by atoms with Crippen molar-refractivity contribution in [1.82, 2.24) is 0 Å². The highest BCUT2D eigenvalue weighted by atomic mass is 28.4. The van der Waals surface area contributed by atoms with Gasteiger partial charge in [0.25, 0.3) is 0 Å². The van der Waals surface area contributed by atoms with Gasteiger partial charge < -0.3 is 4.43 Å². The Morgan fingerprint density at radius 2 is 1.27 bits per heavy atom. The van der Waals surface area contributed by atoms with Crippen LogP contribution in [0, 0.1) is 0 Å². The first-order chi connectivity index (χ1) is 14.3. The zero-order valence-electron chi connectivity index (χ0n) is 19.9. The van der Waals surface area contributed by atoms with Gasteiger partial charge in [-0.05, 0) is 41.4 Å². The van der Waals surface area contributed by atoms with Gasteiger partial charge in [0.15, 0.2) is 0 Å². The fourth-order valence-corrected chi connectivity index (χ4v) is 12.4. The predicted octanol–water partition coefficient (Wildman–Crippen LogP) is 7.14. The first-order valence-corrected chi connectivity index (χ1v) is 16.1. The van der Waals surface area contributed by atoms with Crippen LogP contribution in [-0.2, 0) is 4.43 Å². The Kier molecular flexibility index (Phi) is 8.51. The minimum atomic E-state index is -2.12. The first kappa shape index (κ1) is 24.4. The lowest BCUT2D eigenvalue weighted by Gasteiger charge is -2.44. The van der Waals surface area contributed by atoms with Crippen LogP contribution in [0.2, 0.25) is 29.2 Å². The van der Waals surface area contributed by atoms with Crippen molar-refractivity contribution in [2.24, 2.45) is 0 Å². The maximum Gasteiger partial charge on any atom is 0.250 e. The summed E-state index contributed by atoms with van der Waals surface area (Å²) < 4.78 is 6.72. The van der Waals surface area contributed by atoms with Gasteiger partial charge in [0.05, 0.1) is 5.76 Å². The van der Waals surface area contributed by atoms with Gasteiger partial charge in [-0.25, -0.2) is 0 Å². The first-order valence-electron chi connectivity index (χ1n) is 11.4. The van der Waals surface area contributed by atoms with E-state index >= 15 is 0 Å². The van der Waals surface area contributed by atoms with Gasteiger partial charge in [-0.3, -0.25) is 0 Å². The van der Waals surface area contributed by atoms with Crippen LogP contribution in [0.15, 0.2) is 85.2 Å². The van der Waals surface area contributed by atoms with Crippen LogP contribution < -0.4 is 10.4 Å². The van der Waals surface area contributed by atoms with E-state index in [0.717, 1.165) is 29.9 Å². The minimum Gasteiger partial charge on any atom is -0.544 e. The highest BCUT2D eigenvalue weighted by Crippen LogP contribution is 2.39. The summed E-state index contributed by atoms with van der Waals surface area (Å²) in [5.41, 5.74) is 0. The second kappa shape index (κ2) is 10.5. The van der Waals surface area contributed by atoms with Gasteiger partial charge in [-0.15, -0.1) is 0 Å². The molecule has 0 aliphatic rings. The van der Waals surface area contributed by atoms with Crippen LogP contribution in [0.25, 0.3) is 0 Å². The molecule has 1 nitrogen and oxygen atoms in total. The van der Waals surface area contributed by atoms with E-state index in [4.69, 9.17) is 4.43 Å². The molecule has 0 unspecified atom stereocenters. The normalized spacial score (nSPS) is 13.2. The lowest BCUT2D eigenvalue weighted by atomic mass is 10.2. The lowest BCUT2D eigenvalue weighted by Crippen LogP contribution is -2.63. The van der Waals surface area contributed by atoms with Gasteiger partial charge in [-0.1, -0.05) is 119 Å². The van der Waals surface area contributed by atoms with Crippen molar-refractivity contribution in [3.63, 3.8) is 0 Å². The maximum atomic E-state index is 6.72. The van der Waals surface area contributed by atoms with Crippen molar-refractivity contribution in [3.05, 3.63) is 85.2 Å². The van der Waals surface area contributed by atoms with E-state index in [0.29, 0.717) is 0 Å². The lowest BCUT2D eigenvalue weighted by molar-refractivity contribution is 0.422. The molecule has 0 fully saturated rings. The average molecular weight is 437 g/mol. The number of rotatable bonds is 10. The molecule has 2 aromatic carbocycles. The Bertz CT molecular complexity index is 767. The molecule has 0 amide bonds. The highest BCUT2D eigenvalue weighted by Gasteiger charge is 2.46. The van der Waals surface area contributed by atoms with Gasteiger partial charge in [-0.2, -0.15) is 0 Å². The van der Waals surface area contributed by atoms with Crippen molar-refractivity contribution >= 4 is 26.8 Å². The molecule has 0 aliphatic carbocycles. The van der Waals surface area contributed by atoms with Crippen LogP contribution in [0.1, 0.15) is 41.5 Å². The molecule has 0 aliphatic heterocycles. The summed E-state index contributed by atoms with van der Waals surface area (Å²) in [5.74, 6) is 0.986. The number of hydrogen-bond donors (Lipinski definition) is 0. The molecule has 0 bridgehead atoms. The molecule has 0 N–H and O–H groups in total. The molecule has 0 atom stereocenters. The molecular weight excluding hydrogens is 396 g/mol. The molecule has 30 heavy (non-hydrogen) atoms. The number of hydrogen-bond acceptors (Lipinski definition) is 1. The summed E-state index contributed by atoms with van der Waals surface area (Å²) >= 11 is 0. The van der Waals surface area contributed by atoms with Crippen LogP contribution in [-0.4, -0.2) is 16.4 Å². The van der Waals surface area contributed by atoms with Gasteiger partial charge in [0, 0.05) is 0 Å². The molecule has 162 valence electrons. The van der Waals surface area contributed by atoms with Crippen LogP contribution in [0.3, 0.4) is 0 Å². The summed E-state index contributed by atoms with van der Waals surface area (Å²) in [7, 11) is -3.85. The number of allylic oxidation sites excluding steroid dienone is 2. The second-order valence-electron chi connectivity index (χ2n) is 9.25. The van der Waals surface area contributed by atoms with E-state index in [1.165, 1.54) is 10.4 Å². The Labute approximate surface area is 187 Å². The van der Waals surface area contributed by atoms with Crippen molar-refractivity contribution in [3.8, 4) is 0 Å². The summed E-state index contributed by atoms with van der Waals surface area (Å²) in [6.07, 6.45) is 4.29. The molecule has 0 saturated carbocycles. The van der Waals surface area contributed by atoms with E-state index in [-0.39, 0.29) is 5.04 Å². The van der Waals surface area contributed by atoms with Crippen molar-refractivity contribution in [2.75, 3.05) is 0 Å². The monoisotopic (exact) mass is 436 g/mol. The summed E-state index contributed by atoms with van der Waals surface area (Å²) in [4.78, 5) is 0. The Morgan fingerprint density at radius 1 is 0.833 bits per heavy atom. The largest absolute Gasteiger partial charge is 0.544 e. The van der Waals surface area contributed by atoms with Gasteiger partial charge >= 0.3 is 0 Å². The maximum absolute atomic E-state index is 6.72. The Balaban J connectivity index is 2.60. The average Bonchev–Trinajstić information content (AvgIpc) is 2.77. The molecule has 0 radical (unpaired) electrons. The zero-order chi connectivity index (χ0) is 22.3. The minimum absolute atomic E-state index is 0.146. The van der Waals surface area contributed by atoms with E-state index in [1.807, 2.05) is 6.08 Å². The van der Waals surface area contributed by atoms with Crippen molar-refractivity contribution in [2.45, 2.75) is 70.8 Å². The molecule has 3 heteroatoms.